The number of pyridine rings is 1. The van der Waals surface area contributed by atoms with E-state index in [1.807, 2.05) is 48.7 Å². The molecule has 2 aromatic heterocycles. The molecule has 5 heteroatoms. The standard InChI is InChI=1S/C19H13N2.C15H28O2.Ir/c1-2-9-16(10-3-1)21-18-12-5-4-8-15(18)14-19(21)17-11-6-7-13-20-17;1-3-5-10-7-8-11-9-12(6-4-2)15(17)13(11)14(10)16;/h1-13H;10-17H,3-9H2,1-2H3;/q-1;;/t;10-,11?,12-,13?,14?,15?;/m.0./s1. The third kappa shape index (κ3) is 6.38. The Morgan fingerprint density at radius 1 is 0.821 bits per heavy atom. The molecule has 2 aromatic carbocycles. The normalized spacial score (nSPS) is 25.8. The van der Waals surface area contributed by atoms with E-state index in [0.29, 0.717) is 17.8 Å². The molecule has 0 amide bonds. The first-order valence-corrected chi connectivity index (χ1v) is 14.5. The Morgan fingerprint density at radius 3 is 2.21 bits per heavy atom. The van der Waals surface area contributed by atoms with E-state index in [2.05, 4.69) is 59.8 Å². The number of nitrogens with zero attached hydrogens (tertiary/aromatic N) is 2. The van der Waals surface area contributed by atoms with E-state index in [4.69, 9.17) is 0 Å². The number of rotatable bonds is 6. The van der Waals surface area contributed by atoms with Crippen molar-refractivity contribution in [2.45, 2.75) is 71.0 Å². The van der Waals surface area contributed by atoms with Gasteiger partial charge in [0, 0.05) is 43.6 Å². The van der Waals surface area contributed by atoms with E-state index in [1.54, 1.807) is 0 Å². The average Bonchev–Trinajstić information content (AvgIpc) is 3.50. The topological polar surface area (TPSA) is 58.3 Å². The summed E-state index contributed by atoms with van der Waals surface area (Å²) in [6.45, 7) is 4.37. The Morgan fingerprint density at radius 2 is 1.49 bits per heavy atom. The largest absolute Gasteiger partial charge is 0.392 e. The molecule has 2 heterocycles. The number of aromatic nitrogens is 2. The number of benzene rings is 2. The van der Waals surface area contributed by atoms with Gasteiger partial charge in [0.1, 0.15) is 0 Å². The molecule has 2 aliphatic rings. The molecule has 209 valence electrons. The molecule has 6 rings (SSSR count). The van der Waals surface area contributed by atoms with Gasteiger partial charge in [-0.1, -0.05) is 69.2 Å². The summed E-state index contributed by atoms with van der Waals surface area (Å²) >= 11 is 0. The average molecular weight is 702 g/mol. The quantitative estimate of drug-likeness (QED) is 0.205. The zero-order chi connectivity index (χ0) is 26.5. The SMILES string of the molecule is CCC[C@H]1CCC2C[C@H](CCC)C(O)C2C1O.[Ir].[c-]1c(-c2ccccn2)n(-c2ccccc2)c2ccccc12. The molecule has 2 saturated carbocycles. The predicted molar refractivity (Wildman–Crippen MR) is 155 cm³/mol. The van der Waals surface area contributed by atoms with Crippen LogP contribution in [0.2, 0.25) is 0 Å². The van der Waals surface area contributed by atoms with Crippen LogP contribution in [0.1, 0.15) is 58.8 Å². The summed E-state index contributed by atoms with van der Waals surface area (Å²) in [4.78, 5) is 4.48. The van der Waals surface area contributed by atoms with E-state index in [1.165, 1.54) is 12.8 Å². The summed E-state index contributed by atoms with van der Waals surface area (Å²) in [7, 11) is 0. The Kier molecular flexibility index (Phi) is 10.5. The van der Waals surface area contributed by atoms with Crippen LogP contribution >= 0.6 is 0 Å². The van der Waals surface area contributed by atoms with Crippen LogP contribution in [0.4, 0.5) is 0 Å². The summed E-state index contributed by atoms with van der Waals surface area (Å²) in [6.07, 6.45) is 9.41. The van der Waals surface area contributed by atoms with Crippen LogP contribution in [0.25, 0.3) is 28.0 Å². The van der Waals surface area contributed by atoms with Crippen LogP contribution in [0.5, 0.6) is 0 Å². The molecule has 4 unspecified atom stereocenters. The van der Waals surface area contributed by atoms with Crippen molar-refractivity contribution >= 4 is 10.9 Å². The predicted octanol–water partition coefficient (Wildman–Crippen LogP) is 7.46. The van der Waals surface area contributed by atoms with Crippen LogP contribution in [0.15, 0.2) is 79.0 Å². The van der Waals surface area contributed by atoms with Crippen LogP contribution < -0.4 is 0 Å². The zero-order valence-electron chi connectivity index (χ0n) is 23.0. The first kappa shape index (κ1) is 29.7. The number of hydrogen-bond acceptors (Lipinski definition) is 3. The van der Waals surface area contributed by atoms with Gasteiger partial charge in [0.15, 0.2) is 0 Å². The summed E-state index contributed by atoms with van der Waals surface area (Å²) in [5.41, 5.74) is 4.18. The minimum atomic E-state index is -0.245. The summed E-state index contributed by atoms with van der Waals surface area (Å²) in [6, 6.07) is 28.1. The molecule has 1 radical (unpaired) electrons. The monoisotopic (exact) mass is 702 g/mol. The molecule has 0 aliphatic heterocycles. The van der Waals surface area contributed by atoms with Crippen molar-refractivity contribution in [3.63, 3.8) is 0 Å². The Bertz CT molecular complexity index is 1290. The molecule has 0 bridgehead atoms. The van der Waals surface area contributed by atoms with Crippen molar-refractivity contribution < 1.29 is 30.3 Å². The second kappa shape index (κ2) is 13.9. The molecular weight excluding hydrogens is 661 g/mol. The Hall–Kier alpha value is -2.30. The first-order chi connectivity index (χ1) is 18.6. The van der Waals surface area contributed by atoms with Gasteiger partial charge in [0.25, 0.3) is 0 Å². The molecule has 0 saturated heterocycles. The van der Waals surface area contributed by atoms with E-state index >= 15 is 0 Å². The molecular formula is C34H41IrN2O2-. The van der Waals surface area contributed by atoms with Crippen LogP contribution in [0.3, 0.4) is 0 Å². The number of hydrogen-bond donors (Lipinski definition) is 2. The van der Waals surface area contributed by atoms with Gasteiger partial charge in [-0.15, -0.1) is 23.6 Å². The summed E-state index contributed by atoms with van der Waals surface area (Å²) < 4.78 is 2.21. The van der Waals surface area contributed by atoms with Gasteiger partial charge in [0.05, 0.1) is 12.2 Å². The molecule has 2 aliphatic carbocycles. The van der Waals surface area contributed by atoms with Crippen molar-refractivity contribution in [3.05, 3.63) is 85.1 Å². The van der Waals surface area contributed by atoms with Crippen molar-refractivity contribution in [2.75, 3.05) is 0 Å². The van der Waals surface area contributed by atoms with Crippen molar-refractivity contribution in [1.82, 2.24) is 9.55 Å². The van der Waals surface area contributed by atoms with Crippen LogP contribution in [-0.2, 0) is 20.1 Å². The van der Waals surface area contributed by atoms with Gasteiger partial charge in [-0.3, -0.25) is 0 Å². The van der Waals surface area contributed by atoms with Crippen LogP contribution in [0, 0.1) is 29.7 Å². The zero-order valence-corrected chi connectivity index (χ0v) is 25.4. The second-order valence-corrected chi connectivity index (χ2v) is 11.1. The smallest absolute Gasteiger partial charge is 0.0624 e. The van der Waals surface area contributed by atoms with E-state index in [0.717, 1.165) is 60.1 Å². The molecule has 39 heavy (non-hydrogen) atoms. The molecule has 2 N–H and O–H groups in total. The van der Waals surface area contributed by atoms with E-state index in [-0.39, 0.29) is 38.2 Å². The fourth-order valence-corrected chi connectivity index (χ4v) is 6.93. The van der Waals surface area contributed by atoms with Gasteiger partial charge in [0.2, 0.25) is 0 Å². The second-order valence-electron chi connectivity index (χ2n) is 11.1. The number of fused-ring (bicyclic) bond motifs is 2. The minimum absolute atomic E-state index is 0. The minimum Gasteiger partial charge on any atom is -0.392 e. The molecule has 4 aromatic rings. The fourth-order valence-electron chi connectivity index (χ4n) is 6.93. The molecule has 0 spiro atoms. The molecule has 4 nitrogen and oxygen atoms in total. The summed E-state index contributed by atoms with van der Waals surface area (Å²) in [5.74, 6) is 1.66. The fraction of sp³-hybridized carbons (Fsp3) is 0.441. The van der Waals surface area contributed by atoms with E-state index in [9.17, 15) is 10.2 Å². The molecule has 2 fully saturated rings. The number of aliphatic hydroxyl groups excluding tert-OH is 2. The third-order valence-corrected chi connectivity index (χ3v) is 8.68. The maximum absolute atomic E-state index is 10.5. The van der Waals surface area contributed by atoms with Gasteiger partial charge >= 0.3 is 0 Å². The van der Waals surface area contributed by atoms with Gasteiger partial charge in [-0.25, -0.2) is 0 Å². The van der Waals surface area contributed by atoms with Gasteiger partial charge in [-0.2, -0.15) is 0 Å². The maximum atomic E-state index is 10.5. The number of para-hydroxylation sites is 2. The Balaban J connectivity index is 0.000000181. The summed E-state index contributed by atoms with van der Waals surface area (Å²) in [5, 5.41) is 22.0. The van der Waals surface area contributed by atoms with E-state index < -0.39 is 0 Å². The van der Waals surface area contributed by atoms with Crippen LogP contribution in [-0.4, -0.2) is 32.0 Å². The Labute approximate surface area is 246 Å². The van der Waals surface area contributed by atoms with Crippen molar-refractivity contribution in [1.29, 1.82) is 0 Å². The van der Waals surface area contributed by atoms with Gasteiger partial charge < -0.3 is 19.8 Å². The maximum Gasteiger partial charge on any atom is 0.0624 e. The number of aliphatic hydroxyl groups is 2. The van der Waals surface area contributed by atoms with Crippen molar-refractivity contribution in [2.24, 2.45) is 23.7 Å². The van der Waals surface area contributed by atoms with Gasteiger partial charge in [-0.05, 0) is 79.3 Å². The first-order valence-electron chi connectivity index (χ1n) is 14.5. The van der Waals surface area contributed by atoms with Crippen molar-refractivity contribution in [3.8, 4) is 17.1 Å². The third-order valence-electron chi connectivity index (χ3n) is 8.68. The molecule has 6 atom stereocenters.